The number of hydrogen-bond acceptors (Lipinski definition) is 2. The smallest absolute Gasteiger partial charge is 0.258 e. The molecule has 0 aromatic carbocycles. The van der Waals surface area contributed by atoms with Gasteiger partial charge in [-0.25, -0.2) is 0 Å². The number of carbonyl (C=O) groups is 1. The summed E-state index contributed by atoms with van der Waals surface area (Å²) in [5.74, 6) is 1.02. The van der Waals surface area contributed by atoms with E-state index in [-0.39, 0.29) is 17.2 Å². The molecule has 1 fully saturated rings. The molecule has 70 valence electrons. The summed E-state index contributed by atoms with van der Waals surface area (Å²) in [6.07, 6.45) is 6.82. The molecular weight excluding hydrogens is 166 g/mol. The van der Waals surface area contributed by atoms with Crippen LogP contribution < -0.4 is 5.48 Å². The molecule has 0 aromatic rings. The molecule has 0 bridgehead atoms. The largest absolute Gasteiger partial charge is 0.384 e. The Labute approximate surface area is 77.4 Å². The average Bonchev–Trinajstić information content (AvgIpc) is 2.13. The lowest BCUT2D eigenvalue weighted by molar-refractivity contribution is -0.151. The van der Waals surface area contributed by atoms with Gasteiger partial charge in [-0.1, -0.05) is 26.0 Å². The molecule has 1 heterocycles. The Morgan fingerprint density at radius 3 is 3.15 bits per heavy atom. The van der Waals surface area contributed by atoms with E-state index in [2.05, 4.69) is 11.6 Å². The summed E-state index contributed by atoms with van der Waals surface area (Å²) in [7, 11) is 0. The molecular formula is C10H13NO2. The third kappa shape index (κ3) is 1.15. The SMILES string of the molecule is CC1(C)C(=O)NOC2=CC=CCC21. The Morgan fingerprint density at radius 1 is 1.62 bits per heavy atom. The second-order valence-electron chi connectivity index (χ2n) is 4.04. The Morgan fingerprint density at radius 2 is 2.38 bits per heavy atom. The number of hydroxylamine groups is 1. The van der Waals surface area contributed by atoms with Crippen molar-refractivity contribution in [2.45, 2.75) is 20.3 Å². The van der Waals surface area contributed by atoms with Crippen LogP contribution in [0.15, 0.2) is 24.0 Å². The molecule has 1 saturated heterocycles. The molecule has 13 heavy (non-hydrogen) atoms. The fraction of sp³-hybridized carbons (Fsp3) is 0.500. The molecule has 1 aliphatic carbocycles. The van der Waals surface area contributed by atoms with Crippen molar-refractivity contribution in [3.05, 3.63) is 24.0 Å². The maximum Gasteiger partial charge on any atom is 0.258 e. The van der Waals surface area contributed by atoms with Crippen LogP contribution >= 0.6 is 0 Å². The first-order valence-corrected chi connectivity index (χ1v) is 4.46. The predicted octanol–water partition coefficient (Wildman–Crippen LogP) is 1.53. The van der Waals surface area contributed by atoms with Crippen LogP contribution in [0.1, 0.15) is 20.3 Å². The van der Waals surface area contributed by atoms with E-state index in [0.29, 0.717) is 0 Å². The van der Waals surface area contributed by atoms with Crippen molar-refractivity contribution in [2.24, 2.45) is 11.3 Å². The topological polar surface area (TPSA) is 38.3 Å². The number of nitrogens with one attached hydrogen (secondary N) is 1. The quantitative estimate of drug-likeness (QED) is 0.612. The van der Waals surface area contributed by atoms with Gasteiger partial charge in [0, 0.05) is 5.92 Å². The second kappa shape index (κ2) is 2.62. The fourth-order valence-corrected chi connectivity index (χ4v) is 1.76. The molecule has 0 aromatic heterocycles. The number of allylic oxidation sites excluding steroid dienone is 4. The lowest BCUT2D eigenvalue weighted by Crippen LogP contribution is -2.48. The van der Waals surface area contributed by atoms with Gasteiger partial charge in [-0.15, -0.1) is 0 Å². The molecule has 0 spiro atoms. The van der Waals surface area contributed by atoms with Gasteiger partial charge in [0.05, 0.1) is 5.41 Å². The molecule has 1 N–H and O–H groups in total. The highest BCUT2D eigenvalue weighted by molar-refractivity contribution is 5.82. The number of fused-ring (bicyclic) bond motifs is 1. The van der Waals surface area contributed by atoms with Crippen molar-refractivity contribution >= 4 is 5.91 Å². The van der Waals surface area contributed by atoms with E-state index in [0.717, 1.165) is 12.2 Å². The summed E-state index contributed by atoms with van der Waals surface area (Å²) in [6, 6.07) is 0. The summed E-state index contributed by atoms with van der Waals surface area (Å²) in [6.45, 7) is 3.89. The summed E-state index contributed by atoms with van der Waals surface area (Å²) in [5, 5.41) is 0. The van der Waals surface area contributed by atoms with Crippen LogP contribution in [0, 0.1) is 11.3 Å². The van der Waals surface area contributed by atoms with Gasteiger partial charge in [-0.05, 0) is 12.5 Å². The fourth-order valence-electron chi connectivity index (χ4n) is 1.76. The van der Waals surface area contributed by atoms with Gasteiger partial charge in [-0.2, -0.15) is 5.48 Å². The van der Waals surface area contributed by atoms with Gasteiger partial charge in [-0.3, -0.25) is 4.79 Å². The normalized spacial score (nSPS) is 29.8. The van der Waals surface area contributed by atoms with Crippen LogP contribution in [-0.4, -0.2) is 5.91 Å². The van der Waals surface area contributed by atoms with Crippen molar-refractivity contribution in [2.75, 3.05) is 0 Å². The first-order chi connectivity index (χ1) is 6.12. The molecule has 0 saturated carbocycles. The molecule has 1 amide bonds. The number of amides is 1. The monoisotopic (exact) mass is 179 g/mol. The van der Waals surface area contributed by atoms with E-state index in [1.54, 1.807) is 0 Å². The van der Waals surface area contributed by atoms with Crippen molar-refractivity contribution < 1.29 is 9.63 Å². The van der Waals surface area contributed by atoms with E-state index in [9.17, 15) is 4.79 Å². The average molecular weight is 179 g/mol. The molecule has 3 nitrogen and oxygen atoms in total. The zero-order valence-corrected chi connectivity index (χ0v) is 7.83. The Balaban J connectivity index is 2.34. The van der Waals surface area contributed by atoms with E-state index < -0.39 is 0 Å². The minimum atomic E-state index is -0.366. The van der Waals surface area contributed by atoms with Crippen LogP contribution in [-0.2, 0) is 9.63 Å². The van der Waals surface area contributed by atoms with Crippen molar-refractivity contribution in [3.63, 3.8) is 0 Å². The lowest BCUT2D eigenvalue weighted by atomic mass is 9.73. The van der Waals surface area contributed by atoms with Crippen molar-refractivity contribution in [1.82, 2.24) is 5.48 Å². The Hall–Kier alpha value is -1.25. The van der Waals surface area contributed by atoms with Gasteiger partial charge >= 0.3 is 0 Å². The van der Waals surface area contributed by atoms with Crippen LogP contribution in [0.25, 0.3) is 0 Å². The maximum absolute atomic E-state index is 11.5. The van der Waals surface area contributed by atoms with Crippen molar-refractivity contribution in [1.29, 1.82) is 0 Å². The Bertz CT molecular complexity index is 302. The molecule has 2 rings (SSSR count). The number of carbonyl (C=O) groups excluding carboxylic acids is 1. The van der Waals surface area contributed by atoms with Gasteiger partial charge in [0.25, 0.3) is 5.91 Å². The highest BCUT2D eigenvalue weighted by Crippen LogP contribution is 2.40. The zero-order valence-electron chi connectivity index (χ0n) is 7.83. The molecule has 2 aliphatic rings. The van der Waals surface area contributed by atoms with Gasteiger partial charge in [0.15, 0.2) is 0 Å². The highest BCUT2D eigenvalue weighted by Gasteiger charge is 2.43. The van der Waals surface area contributed by atoms with Crippen LogP contribution in [0.2, 0.25) is 0 Å². The molecule has 1 unspecified atom stereocenters. The van der Waals surface area contributed by atoms with Crippen LogP contribution in [0.5, 0.6) is 0 Å². The van der Waals surface area contributed by atoms with E-state index in [1.807, 2.05) is 26.0 Å². The highest BCUT2D eigenvalue weighted by atomic mass is 16.7. The van der Waals surface area contributed by atoms with E-state index >= 15 is 0 Å². The second-order valence-corrected chi connectivity index (χ2v) is 4.04. The molecule has 1 atom stereocenters. The van der Waals surface area contributed by atoms with Crippen LogP contribution in [0.3, 0.4) is 0 Å². The standard InChI is InChI=1S/C10H13NO2/c1-10(2)7-5-3-4-6-8(7)13-11-9(10)12/h3-4,6-7H,5H2,1-2H3,(H,11,12). The minimum absolute atomic E-state index is 0.0371. The van der Waals surface area contributed by atoms with Gasteiger partial charge < -0.3 is 4.84 Å². The predicted molar refractivity (Wildman–Crippen MR) is 48.3 cm³/mol. The minimum Gasteiger partial charge on any atom is -0.384 e. The van der Waals surface area contributed by atoms with Crippen molar-refractivity contribution in [3.8, 4) is 0 Å². The van der Waals surface area contributed by atoms with Crippen LogP contribution in [0.4, 0.5) is 0 Å². The maximum atomic E-state index is 11.5. The zero-order chi connectivity index (χ0) is 9.47. The van der Waals surface area contributed by atoms with Gasteiger partial charge in [0.2, 0.25) is 0 Å². The molecule has 3 heteroatoms. The summed E-state index contributed by atoms with van der Waals surface area (Å²) >= 11 is 0. The number of hydrogen-bond donors (Lipinski definition) is 1. The third-order valence-corrected chi connectivity index (χ3v) is 2.83. The molecule has 1 aliphatic heterocycles. The van der Waals surface area contributed by atoms with Gasteiger partial charge in [0.1, 0.15) is 5.76 Å². The molecule has 0 radical (unpaired) electrons. The first-order valence-electron chi connectivity index (χ1n) is 4.46. The Kier molecular flexibility index (Phi) is 1.68. The lowest BCUT2D eigenvalue weighted by Gasteiger charge is -2.38. The van der Waals surface area contributed by atoms with E-state index in [4.69, 9.17) is 4.84 Å². The first kappa shape index (κ1) is 8.35. The summed E-state index contributed by atoms with van der Waals surface area (Å²) in [4.78, 5) is 16.6. The summed E-state index contributed by atoms with van der Waals surface area (Å²) < 4.78 is 0. The van der Waals surface area contributed by atoms with E-state index in [1.165, 1.54) is 0 Å². The third-order valence-electron chi connectivity index (χ3n) is 2.83. The summed E-state index contributed by atoms with van der Waals surface area (Å²) in [5.41, 5.74) is 2.06. The number of rotatable bonds is 0.